The lowest BCUT2D eigenvalue weighted by molar-refractivity contribution is 0.521. The second-order valence-electron chi connectivity index (χ2n) is 2.65. The second kappa shape index (κ2) is 4.78. The van der Waals surface area contributed by atoms with Gasteiger partial charge in [0.15, 0.2) is 0 Å². The number of allylic oxidation sites excluding steroid dienone is 4. The lowest BCUT2D eigenvalue weighted by Gasteiger charge is -2.17. The minimum atomic E-state index is 1.21. The third-order valence-corrected chi connectivity index (χ3v) is 1.59. The van der Waals surface area contributed by atoms with E-state index in [2.05, 4.69) is 24.5 Å². The van der Waals surface area contributed by atoms with E-state index in [-0.39, 0.29) is 0 Å². The molecule has 0 aromatic heterocycles. The molecule has 1 heteroatoms. The summed E-state index contributed by atoms with van der Waals surface area (Å²) in [6.07, 6.45) is 5.91. The molecule has 0 saturated carbocycles. The minimum absolute atomic E-state index is 1.21. The second-order valence-corrected chi connectivity index (χ2v) is 2.65. The van der Waals surface area contributed by atoms with Gasteiger partial charge in [-0.05, 0) is 25.5 Å². The van der Waals surface area contributed by atoms with Gasteiger partial charge in [-0.15, -0.1) is 0 Å². The van der Waals surface area contributed by atoms with Crippen LogP contribution in [0.1, 0.15) is 13.8 Å². The summed E-state index contributed by atoms with van der Waals surface area (Å²) < 4.78 is 0. The van der Waals surface area contributed by atoms with Crippen LogP contribution in [-0.2, 0) is 0 Å². The molecule has 0 heterocycles. The first kappa shape index (κ1) is 10.0. The van der Waals surface area contributed by atoms with Crippen molar-refractivity contribution < 1.29 is 0 Å². The first-order chi connectivity index (χ1) is 5.13. The van der Waals surface area contributed by atoms with Gasteiger partial charge >= 0.3 is 0 Å². The van der Waals surface area contributed by atoms with Gasteiger partial charge in [0.25, 0.3) is 0 Å². The quantitative estimate of drug-likeness (QED) is 0.560. The zero-order valence-corrected chi connectivity index (χ0v) is 7.89. The van der Waals surface area contributed by atoms with Crippen molar-refractivity contribution in [2.45, 2.75) is 13.8 Å². The monoisotopic (exact) mass is 151 g/mol. The number of hydrogen-bond donors (Lipinski definition) is 0. The van der Waals surface area contributed by atoms with Crippen molar-refractivity contribution in [3.63, 3.8) is 0 Å². The van der Waals surface area contributed by atoms with E-state index >= 15 is 0 Å². The molecule has 0 amide bonds. The molecule has 0 aliphatic heterocycles. The first-order valence-electron chi connectivity index (χ1n) is 3.76. The van der Waals surface area contributed by atoms with Crippen LogP contribution in [0.5, 0.6) is 0 Å². The maximum atomic E-state index is 3.67. The van der Waals surface area contributed by atoms with Crippen molar-refractivity contribution in [3.05, 3.63) is 36.1 Å². The zero-order chi connectivity index (χ0) is 8.85. The molecule has 0 bridgehead atoms. The SMILES string of the molecule is C=C/C=C(\C(C)=C/C)N(C)C. The third kappa shape index (κ3) is 3.08. The van der Waals surface area contributed by atoms with Crippen LogP contribution in [0.4, 0.5) is 0 Å². The van der Waals surface area contributed by atoms with Crippen molar-refractivity contribution in [2.75, 3.05) is 14.1 Å². The van der Waals surface area contributed by atoms with Crippen molar-refractivity contribution in [1.82, 2.24) is 4.90 Å². The fourth-order valence-corrected chi connectivity index (χ4v) is 0.893. The highest BCUT2D eigenvalue weighted by atomic mass is 15.1. The van der Waals surface area contributed by atoms with E-state index in [1.807, 2.05) is 33.2 Å². The molecule has 0 saturated heterocycles. The van der Waals surface area contributed by atoms with Gasteiger partial charge in [0.2, 0.25) is 0 Å². The van der Waals surface area contributed by atoms with Gasteiger partial charge in [-0.3, -0.25) is 0 Å². The molecule has 0 aromatic rings. The van der Waals surface area contributed by atoms with E-state index in [0.29, 0.717) is 0 Å². The van der Waals surface area contributed by atoms with Crippen molar-refractivity contribution in [3.8, 4) is 0 Å². The van der Waals surface area contributed by atoms with Crippen LogP contribution in [0.2, 0.25) is 0 Å². The summed E-state index contributed by atoms with van der Waals surface area (Å²) >= 11 is 0. The van der Waals surface area contributed by atoms with Gasteiger partial charge in [-0.2, -0.15) is 0 Å². The molecule has 11 heavy (non-hydrogen) atoms. The van der Waals surface area contributed by atoms with Gasteiger partial charge in [0, 0.05) is 19.8 Å². The Kier molecular flexibility index (Phi) is 4.35. The molecule has 0 radical (unpaired) electrons. The fourth-order valence-electron chi connectivity index (χ4n) is 0.893. The highest BCUT2D eigenvalue weighted by Crippen LogP contribution is 2.10. The van der Waals surface area contributed by atoms with Crippen LogP contribution in [0.15, 0.2) is 36.1 Å². The number of nitrogens with zero attached hydrogens (tertiary/aromatic N) is 1. The molecule has 0 unspecified atom stereocenters. The topological polar surface area (TPSA) is 3.24 Å². The van der Waals surface area contributed by atoms with Crippen molar-refractivity contribution in [2.24, 2.45) is 0 Å². The van der Waals surface area contributed by atoms with Gasteiger partial charge in [0.1, 0.15) is 0 Å². The molecule has 62 valence electrons. The number of rotatable bonds is 3. The van der Waals surface area contributed by atoms with Gasteiger partial charge in [0.05, 0.1) is 0 Å². The Labute approximate surface area is 69.7 Å². The van der Waals surface area contributed by atoms with E-state index in [1.54, 1.807) is 0 Å². The van der Waals surface area contributed by atoms with Crippen LogP contribution in [-0.4, -0.2) is 19.0 Å². The van der Waals surface area contributed by atoms with E-state index in [4.69, 9.17) is 0 Å². The molecule has 0 fully saturated rings. The standard InChI is InChI=1S/C10H17N/c1-6-8-10(11(4)5)9(3)7-2/h6-8H,1H2,2-5H3/b9-7-,10-8+. The third-order valence-electron chi connectivity index (χ3n) is 1.59. The Morgan fingerprint density at radius 2 is 1.91 bits per heavy atom. The Bertz CT molecular complexity index is 185. The van der Waals surface area contributed by atoms with Crippen LogP contribution in [0.25, 0.3) is 0 Å². The van der Waals surface area contributed by atoms with Crippen molar-refractivity contribution >= 4 is 0 Å². The van der Waals surface area contributed by atoms with Crippen LogP contribution in [0, 0.1) is 0 Å². The zero-order valence-electron chi connectivity index (χ0n) is 7.89. The number of hydrogen-bond acceptors (Lipinski definition) is 1. The summed E-state index contributed by atoms with van der Waals surface area (Å²) in [6, 6.07) is 0. The van der Waals surface area contributed by atoms with E-state index in [0.717, 1.165) is 0 Å². The summed E-state index contributed by atoms with van der Waals surface area (Å²) in [7, 11) is 4.06. The smallest absolute Gasteiger partial charge is 0.0387 e. The van der Waals surface area contributed by atoms with E-state index in [9.17, 15) is 0 Å². The number of likely N-dealkylation sites (N-methyl/N-ethyl adjacent to an activating group) is 1. The van der Waals surface area contributed by atoms with Crippen LogP contribution < -0.4 is 0 Å². The summed E-state index contributed by atoms with van der Waals surface area (Å²) in [4.78, 5) is 2.08. The molecular weight excluding hydrogens is 134 g/mol. The molecule has 0 aliphatic carbocycles. The summed E-state index contributed by atoms with van der Waals surface area (Å²) in [5, 5.41) is 0. The molecule has 0 spiro atoms. The Balaban J connectivity index is 4.61. The maximum Gasteiger partial charge on any atom is 0.0387 e. The average molecular weight is 151 g/mol. The van der Waals surface area contributed by atoms with Gasteiger partial charge in [-0.1, -0.05) is 18.7 Å². The highest BCUT2D eigenvalue weighted by Gasteiger charge is 1.98. The Hall–Kier alpha value is -0.980. The molecule has 1 nitrogen and oxygen atoms in total. The maximum absolute atomic E-state index is 3.67. The molecule has 0 rings (SSSR count). The Morgan fingerprint density at radius 3 is 2.18 bits per heavy atom. The van der Waals surface area contributed by atoms with Gasteiger partial charge < -0.3 is 4.90 Å². The van der Waals surface area contributed by atoms with E-state index in [1.165, 1.54) is 11.3 Å². The molecule has 0 aliphatic rings. The lowest BCUT2D eigenvalue weighted by atomic mass is 10.2. The minimum Gasteiger partial charge on any atom is -0.377 e. The summed E-state index contributed by atoms with van der Waals surface area (Å²) in [5.74, 6) is 0. The fraction of sp³-hybridized carbons (Fsp3) is 0.400. The van der Waals surface area contributed by atoms with Crippen molar-refractivity contribution in [1.29, 1.82) is 0 Å². The summed E-state index contributed by atoms with van der Waals surface area (Å²) in [5.41, 5.74) is 2.48. The first-order valence-corrected chi connectivity index (χ1v) is 3.76. The largest absolute Gasteiger partial charge is 0.377 e. The molecule has 0 N–H and O–H groups in total. The lowest BCUT2D eigenvalue weighted by Crippen LogP contribution is -2.11. The summed E-state index contributed by atoms with van der Waals surface area (Å²) in [6.45, 7) is 7.80. The average Bonchev–Trinajstić information content (AvgIpc) is 1.98. The van der Waals surface area contributed by atoms with E-state index < -0.39 is 0 Å². The molecular formula is C10H17N. The van der Waals surface area contributed by atoms with Gasteiger partial charge in [-0.25, -0.2) is 0 Å². The van der Waals surface area contributed by atoms with Crippen LogP contribution >= 0.6 is 0 Å². The predicted octanol–water partition coefficient (Wildman–Crippen LogP) is 2.58. The molecule has 0 atom stereocenters. The Morgan fingerprint density at radius 1 is 1.36 bits per heavy atom. The predicted molar refractivity (Wildman–Crippen MR) is 51.4 cm³/mol. The van der Waals surface area contributed by atoms with Crippen LogP contribution in [0.3, 0.4) is 0 Å². The highest BCUT2D eigenvalue weighted by molar-refractivity contribution is 5.29. The normalized spacial score (nSPS) is 13.1. The molecule has 0 aromatic carbocycles.